The number of hydrogen-bond donors (Lipinski definition) is 1. The molecule has 1 amide bonds. The molecule has 28 heavy (non-hydrogen) atoms. The summed E-state index contributed by atoms with van der Waals surface area (Å²) in [4.78, 5) is 14.2. The van der Waals surface area contributed by atoms with Crippen LogP contribution in [-0.4, -0.2) is 51.6 Å². The Kier molecular flexibility index (Phi) is 6.78. The number of carbonyl (C=O) groups is 1. The third kappa shape index (κ3) is 5.36. The van der Waals surface area contributed by atoms with Gasteiger partial charge in [-0.1, -0.05) is 0 Å². The third-order valence-electron chi connectivity index (χ3n) is 4.21. The van der Waals surface area contributed by atoms with Gasteiger partial charge in [0.15, 0.2) is 6.10 Å². The van der Waals surface area contributed by atoms with Crippen LogP contribution in [0.15, 0.2) is 53.4 Å². The molecular weight excluding hydrogens is 495 g/mol. The molecule has 2 aromatic carbocycles. The smallest absolute Gasteiger partial charge is 0.263 e. The Morgan fingerprint density at radius 3 is 2.32 bits per heavy atom. The quantitative estimate of drug-likeness (QED) is 0.598. The lowest BCUT2D eigenvalue weighted by Gasteiger charge is -2.29. The molecule has 1 atom stereocenters. The number of benzene rings is 2. The fraction of sp³-hybridized carbons (Fsp3) is 0.316. The molecule has 0 radical (unpaired) electrons. The highest BCUT2D eigenvalue weighted by Gasteiger charge is 2.24. The molecule has 2 aromatic rings. The number of halogens is 1. The molecule has 3 rings (SSSR count). The van der Waals surface area contributed by atoms with Gasteiger partial charge in [0.2, 0.25) is 0 Å². The number of ether oxygens (including phenoxy) is 2. The Bertz CT molecular complexity index is 910. The van der Waals surface area contributed by atoms with E-state index >= 15 is 0 Å². The van der Waals surface area contributed by atoms with Crippen LogP contribution in [0, 0.1) is 3.57 Å². The first-order chi connectivity index (χ1) is 13.3. The minimum atomic E-state index is -3.70. The summed E-state index contributed by atoms with van der Waals surface area (Å²) in [6.45, 7) is 3.83. The van der Waals surface area contributed by atoms with Gasteiger partial charge in [-0.05, 0) is 78.0 Å². The van der Waals surface area contributed by atoms with E-state index in [0.29, 0.717) is 37.7 Å². The highest BCUT2D eigenvalue weighted by atomic mass is 127. The largest absolute Gasteiger partial charge is 0.481 e. The standard InChI is InChI=1S/C19H21IN2O5S/c1-14(19(23)22-10-12-26-13-11-22)27-17-6-8-18(9-7-17)28(24,25)21-16-4-2-15(20)3-5-16/h2-9,14,21H,10-13H2,1H3/t14-/m0/s1. The highest BCUT2D eigenvalue weighted by Crippen LogP contribution is 2.21. The maximum atomic E-state index is 12.5. The summed E-state index contributed by atoms with van der Waals surface area (Å²) in [6.07, 6.45) is -0.662. The number of hydrogen-bond acceptors (Lipinski definition) is 5. The highest BCUT2D eigenvalue weighted by molar-refractivity contribution is 14.1. The van der Waals surface area contributed by atoms with Crippen molar-refractivity contribution in [2.45, 2.75) is 17.9 Å². The van der Waals surface area contributed by atoms with Gasteiger partial charge in [-0.15, -0.1) is 0 Å². The van der Waals surface area contributed by atoms with Gasteiger partial charge >= 0.3 is 0 Å². The average Bonchev–Trinajstić information content (AvgIpc) is 2.70. The second kappa shape index (κ2) is 9.10. The number of carbonyl (C=O) groups excluding carboxylic acids is 1. The van der Waals surface area contributed by atoms with E-state index in [4.69, 9.17) is 9.47 Å². The summed E-state index contributed by atoms with van der Waals surface area (Å²) in [5, 5.41) is 0. The van der Waals surface area contributed by atoms with E-state index in [1.807, 2.05) is 12.1 Å². The zero-order valence-corrected chi connectivity index (χ0v) is 18.3. The lowest BCUT2D eigenvalue weighted by atomic mass is 10.3. The summed E-state index contributed by atoms with van der Waals surface area (Å²) in [7, 11) is -3.70. The van der Waals surface area contributed by atoms with Gasteiger partial charge in [-0.25, -0.2) is 8.42 Å². The average molecular weight is 516 g/mol. The van der Waals surface area contributed by atoms with E-state index in [2.05, 4.69) is 27.3 Å². The van der Waals surface area contributed by atoms with Gasteiger partial charge in [0.1, 0.15) is 5.75 Å². The van der Waals surface area contributed by atoms with Crippen LogP contribution in [0.1, 0.15) is 6.92 Å². The Morgan fingerprint density at radius 2 is 1.71 bits per heavy atom. The Labute approximate surface area is 178 Å². The molecule has 0 saturated carbocycles. The molecule has 150 valence electrons. The molecule has 1 N–H and O–H groups in total. The first-order valence-electron chi connectivity index (χ1n) is 8.77. The molecule has 0 bridgehead atoms. The summed E-state index contributed by atoms with van der Waals surface area (Å²) in [5.74, 6) is 0.322. The van der Waals surface area contributed by atoms with Crippen LogP contribution >= 0.6 is 22.6 Å². The Morgan fingerprint density at radius 1 is 1.11 bits per heavy atom. The molecule has 1 heterocycles. The van der Waals surface area contributed by atoms with Crippen LogP contribution in [0.4, 0.5) is 5.69 Å². The van der Waals surface area contributed by atoms with E-state index in [-0.39, 0.29) is 10.8 Å². The van der Waals surface area contributed by atoms with Crippen molar-refractivity contribution in [3.63, 3.8) is 0 Å². The zero-order valence-electron chi connectivity index (χ0n) is 15.3. The lowest BCUT2D eigenvalue weighted by molar-refractivity contribution is -0.142. The van der Waals surface area contributed by atoms with Gasteiger partial charge < -0.3 is 14.4 Å². The second-order valence-electron chi connectivity index (χ2n) is 6.28. The van der Waals surface area contributed by atoms with Crippen LogP contribution in [0.2, 0.25) is 0 Å². The van der Waals surface area contributed by atoms with Crippen molar-refractivity contribution in [1.29, 1.82) is 0 Å². The topological polar surface area (TPSA) is 84.9 Å². The van der Waals surface area contributed by atoms with Crippen LogP contribution < -0.4 is 9.46 Å². The van der Waals surface area contributed by atoms with Gasteiger partial charge in [0, 0.05) is 22.3 Å². The molecule has 1 saturated heterocycles. The predicted molar refractivity (Wildman–Crippen MR) is 114 cm³/mol. The second-order valence-corrected chi connectivity index (χ2v) is 9.21. The Balaban J connectivity index is 1.63. The molecular formula is C19H21IN2O5S. The predicted octanol–water partition coefficient (Wildman–Crippen LogP) is 2.72. The summed E-state index contributed by atoms with van der Waals surface area (Å²) in [6, 6.07) is 13.1. The molecule has 0 unspecified atom stereocenters. The number of nitrogens with zero attached hydrogens (tertiary/aromatic N) is 1. The van der Waals surface area contributed by atoms with Crippen molar-refractivity contribution in [1.82, 2.24) is 4.90 Å². The number of sulfonamides is 1. The SMILES string of the molecule is C[C@H](Oc1ccc(S(=O)(=O)Nc2ccc(I)cc2)cc1)C(=O)N1CCOCC1. The molecule has 1 aliphatic heterocycles. The van der Waals surface area contributed by atoms with E-state index in [1.165, 1.54) is 12.1 Å². The van der Waals surface area contributed by atoms with Gasteiger partial charge in [0.25, 0.3) is 15.9 Å². The van der Waals surface area contributed by atoms with E-state index in [0.717, 1.165) is 3.57 Å². The number of amides is 1. The maximum Gasteiger partial charge on any atom is 0.263 e. The van der Waals surface area contributed by atoms with E-state index < -0.39 is 16.1 Å². The third-order valence-corrected chi connectivity index (χ3v) is 6.33. The van der Waals surface area contributed by atoms with E-state index in [1.54, 1.807) is 36.1 Å². The molecule has 1 aliphatic rings. The summed E-state index contributed by atoms with van der Waals surface area (Å²) in [5.41, 5.74) is 0.491. The fourth-order valence-corrected chi connectivity index (χ4v) is 4.14. The van der Waals surface area contributed by atoms with Crippen LogP contribution in [0.5, 0.6) is 5.75 Å². The van der Waals surface area contributed by atoms with E-state index in [9.17, 15) is 13.2 Å². The number of anilines is 1. The minimum absolute atomic E-state index is 0.111. The fourth-order valence-electron chi connectivity index (χ4n) is 2.72. The van der Waals surface area contributed by atoms with Crippen molar-refractivity contribution in [3.05, 3.63) is 52.1 Å². The number of rotatable bonds is 6. The molecule has 9 heteroatoms. The van der Waals surface area contributed by atoms with Crippen LogP contribution in [-0.2, 0) is 19.6 Å². The van der Waals surface area contributed by atoms with Crippen molar-refractivity contribution in [2.75, 3.05) is 31.0 Å². The molecule has 7 nitrogen and oxygen atoms in total. The van der Waals surface area contributed by atoms with Crippen LogP contribution in [0.25, 0.3) is 0 Å². The minimum Gasteiger partial charge on any atom is -0.481 e. The molecule has 1 fully saturated rings. The van der Waals surface area contributed by atoms with Crippen molar-refractivity contribution in [3.8, 4) is 5.75 Å². The van der Waals surface area contributed by atoms with Crippen molar-refractivity contribution < 1.29 is 22.7 Å². The van der Waals surface area contributed by atoms with Crippen molar-refractivity contribution in [2.24, 2.45) is 0 Å². The maximum absolute atomic E-state index is 12.5. The van der Waals surface area contributed by atoms with Crippen molar-refractivity contribution >= 4 is 44.2 Å². The first-order valence-corrected chi connectivity index (χ1v) is 11.3. The Hall–Kier alpha value is -1.85. The van der Waals surface area contributed by atoms with Crippen LogP contribution in [0.3, 0.4) is 0 Å². The zero-order chi connectivity index (χ0) is 20.1. The lowest BCUT2D eigenvalue weighted by Crippen LogP contribution is -2.46. The summed E-state index contributed by atoms with van der Waals surface area (Å²) < 4.78 is 39.5. The summed E-state index contributed by atoms with van der Waals surface area (Å²) >= 11 is 2.15. The first kappa shape index (κ1) is 20.9. The van der Waals surface area contributed by atoms with Gasteiger partial charge in [0.05, 0.1) is 18.1 Å². The molecule has 0 aliphatic carbocycles. The molecule has 0 spiro atoms. The van der Waals surface area contributed by atoms with Gasteiger partial charge in [-0.3, -0.25) is 9.52 Å². The molecule has 0 aromatic heterocycles. The number of morpholine rings is 1. The number of nitrogens with one attached hydrogen (secondary N) is 1. The monoisotopic (exact) mass is 516 g/mol. The normalized spacial score (nSPS) is 15.7. The van der Waals surface area contributed by atoms with Gasteiger partial charge in [-0.2, -0.15) is 0 Å².